The van der Waals surface area contributed by atoms with E-state index in [1.165, 1.54) is 0 Å². The van der Waals surface area contributed by atoms with Gasteiger partial charge in [0.15, 0.2) is 11.5 Å². The minimum atomic E-state index is 0.278. The Labute approximate surface area is 139 Å². The highest BCUT2D eigenvalue weighted by molar-refractivity contribution is 7.13. The molecule has 0 aliphatic carbocycles. The first kappa shape index (κ1) is 15.5. The average Bonchev–Trinajstić information content (AvgIpc) is 3.21. The Hall–Kier alpha value is -2.37. The van der Waals surface area contributed by atoms with Crippen molar-refractivity contribution in [3.8, 4) is 22.1 Å². The predicted molar refractivity (Wildman–Crippen MR) is 91.8 cm³/mol. The molecular formula is C18H17NO3S. The second-order valence-corrected chi connectivity index (χ2v) is 5.82. The SMILES string of the molecule is C=C/C=C\C(=C)COCc1csc(-c2ccc3c(c2)OCO3)n1. The number of ether oxygens (including phenoxy) is 3. The topological polar surface area (TPSA) is 40.6 Å². The van der Waals surface area contributed by atoms with Crippen molar-refractivity contribution in [3.63, 3.8) is 0 Å². The molecule has 1 aromatic carbocycles. The first-order valence-electron chi connectivity index (χ1n) is 7.15. The highest BCUT2D eigenvalue weighted by atomic mass is 32.1. The van der Waals surface area contributed by atoms with Crippen molar-refractivity contribution in [2.75, 3.05) is 13.4 Å². The summed E-state index contributed by atoms with van der Waals surface area (Å²) in [5, 5.41) is 2.94. The van der Waals surface area contributed by atoms with E-state index in [4.69, 9.17) is 14.2 Å². The van der Waals surface area contributed by atoms with Crippen LogP contribution in [0.1, 0.15) is 5.69 Å². The Morgan fingerprint density at radius 1 is 1.35 bits per heavy atom. The van der Waals surface area contributed by atoms with E-state index in [-0.39, 0.29) is 6.79 Å². The van der Waals surface area contributed by atoms with Crippen molar-refractivity contribution in [2.45, 2.75) is 6.61 Å². The molecule has 0 radical (unpaired) electrons. The summed E-state index contributed by atoms with van der Waals surface area (Å²) in [6, 6.07) is 5.85. The van der Waals surface area contributed by atoms with E-state index in [0.717, 1.165) is 33.3 Å². The van der Waals surface area contributed by atoms with E-state index in [0.29, 0.717) is 13.2 Å². The molecule has 0 unspecified atom stereocenters. The fourth-order valence-corrected chi connectivity index (χ4v) is 2.88. The van der Waals surface area contributed by atoms with Crippen molar-refractivity contribution >= 4 is 11.3 Å². The Morgan fingerprint density at radius 3 is 3.09 bits per heavy atom. The summed E-state index contributed by atoms with van der Waals surface area (Å²) in [5.74, 6) is 1.54. The number of rotatable bonds is 7. The van der Waals surface area contributed by atoms with Crippen LogP contribution in [-0.4, -0.2) is 18.4 Å². The van der Waals surface area contributed by atoms with Crippen LogP contribution < -0.4 is 9.47 Å². The van der Waals surface area contributed by atoms with E-state index >= 15 is 0 Å². The van der Waals surface area contributed by atoms with Gasteiger partial charge in [-0.2, -0.15) is 0 Å². The van der Waals surface area contributed by atoms with E-state index in [2.05, 4.69) is 18.1 Å². The number of benzene rings is 1. The van der Waals surface area contributed by atoms with E-state index in [9.17, 15) is 0 Å². The summed E-state index contributed by atoms with van der Waals surface area (Å²) >= 11 is 1.58. The Morgan fingerprint density at radius 2 is 2.22 bits per heavy atom. The molecule has 2 aromatic rings. The van der Waals surface area contributed by atoms with Crippen LogP contribution in [-0.2, 0) is 11.3 Å². The normalized spacial score (nSPS) is 12.7. The molecule has 1 aliphatic rings. The number of hydrogen-bond donors (Lipinski definition) is 0. The van der Waals surface area contributed by atoms with Crippen LogP contribution in [0.4, 0.5) is 0 Å². The summed E-state index contributed by atoms with van der Waals surface area (Å²) in [5.41, 5.74) is 2.82. The zero-order chi connectivity index (χ0) is 16.1. The third-order valence-corrected chi connectivity index (χ3v) is 4.12. The lowest BCUT2D eigenvalue weighted by atomic mass is 10.2. The summed E-state index contributed by atoms with van der Waals surface area (Å²) in [6.45, 7) is 8.74. The maximum atomic E-state index is 5.62. The van der Waals surface area contributed by atoms with Crippen LogP contribution in [0.15, 0.2) is 60.5 Å². The third-order valence-electron chi connectivity index (χ3n) is 3.18. The molecule has 1 aliphatic heterocycles. The zero-order valence-electron chi connectivity index (χ0n) is 12.7. The number of hydrogen-bond acceptors (Lipinski definition) is 5. The molecular weight excluding hydrogens is 310 g/mol. The quantitative estimate of drug-likeness (QED) is 0.709. The fraction of sp³-hybridized carbons (Fsp3) is 0.167. The fourth-order valence-electron chi connectivity index (χ4n) is 2.07. The molecule has 3 rings (SSSR count). The van der Waals surface area contributed by atoms with Crippen LogP contribution in [0.5, 0.6) is 11.5 Å². The van der Waals surface area contributed by atoms with Gasteiger partial charge in [0.1, 0.15) is 5.01 Å². The van der Waals surface area contributed by atoms with Gasteiger partial charge in [0.25, 0.3) is 0 Å². The van der Waals surface area contributed by atoms with Crippen LogP contribution in [0, 0.1) is 0 Å². The monoisotopic (exact) mass is 327 g/mol. The molecule has 0 amide bonds. The molecule has 0 spiro atoms. The second-order valence-electron chi connectivity index (χ2n) is 4.96. The van der Waals surface area contributed by atoms with Gasteiger partial charge in [0.05, 0.1) is 18.9 Å². The summed E-state index contributed by atoms with van der Waals surface area (Å²) in [6.07, 6.45) is 5.43. The van der Waals surface area contributed by atoms with E-state index in [1.54, 1.807) is 17.4 Å². The van der Waals surface area contributed by atoms with Crippen molar-refractivity contribution < 1.29 is 14.2 Å². The summed E-state index contributed by atoms with van der Waals surface area (Å²) < 4.78 is 16.3. The lowest BCUT2D eigenvalue weighted by Gasteiger charge is -2.02. The maximum absolute atomic E-state index is 5.62. The van der Waals surface area contributed by atoms with E-state index in [1.807, 2.05) is 35.7 Å². The largest absolute Gasteiger partial charge is 0.454 e. The second kappa shape index (κ2) is 7.26. The standard InChI is InChI=1S/C18H17NO3S/c1-3-4-5-13(2)9-20-10-15-11-23-18(19-15)14-6-7-16-17(8-14)22-12-21-16/h3-8,11H,1-2,9-10,12H2/b5-4-. The Kier molecular flexibility index (Phi) is 4.90. The van der Waals surface area contributed by atoms with Gasteiger partial charge in [-0.1, -0.05) is 31.4 Å². The number of nitrogens with zero attached hydrogens (tertiary/aromatic N) is 1. The molecule has 4 nitrogen and oxygen atoms in total. The van der Waals surface area contributed by atoms with Crippen LogP contribution >= 0.6 is 11.3 Å². The lowest BCUT2D eigenvalue weighted by molar-refractivity contribution is 0.142. The molecule has 5 heteroatoms. The lowest BCUT2D eigenvalue weighted by Crippen LogP contribution is -1.96. The van der Waals surface area contributed by atoms with Gasteiger partial charge in [0, 0.05) is 10.9 Å². The highest BCUT2D eigenvalue weighted by Crippen LogP contribution is 2.36. The number of fused-ring (bicyclic) bond motifs is 1. The van der Waals surface area contributed by atoms with Gasteiger partial charge < -0.3 is 14.2 Å². The summed E-state index contributed by atoms with van der Waals surface area (Å²) in [7, 11) is 0. The number of aromatic nitrogens is 1. The van der Waals surface area contributed by atoms with Crippen LogP contribution in [0.25, 0.3) is 10.6 Å². The molecule has 0 saturated carbocycles. The van der Waals surface area contributed by atoms with Crippen LogP contribution in [0.3, 0.4) is 0 Å². The van der Waals surface area contributed by atoms with Crippen molar-refractivity contribution in [2.24, 2.45) is 0 Å². The molecule has 0 bridgehead atoms. The molecule has 23 heavy (non-hydrogen) atoms. The smallest absolute Gasteiger partial charge is 0.231 e. The Bertz CT molecular complexity index is 748. The molecule has 2 heterocycles. The first-order valence-corrected chi connectivity index (χ1v) is 8.03. The zero-order valence-corrected chi connectivity index (χ0v) is 13.5. The van der Waals surface area contributed by atoms with Crippen molar-refractivity contribution in [1.82, 2.24) is 4.98 Å². The van der Waals surface area contributed by atoms with Crippen LogP contribution in [0.2, 0.25) is 0 Å². The van der Waals surface area contributed by atoms with E-state index < -0.39 is 0 Å². The maximum Gasteiger partial charge on any atom is 0.231 e. The molecule has 1 aromatic heterocycles. The molecule has 0 fully saturated rings. The van der Waals surface area contributed by atoms with Gasteiger partial charge in [-0.25, -0.2) is 4.98 Å². The highest BCUT2D eigenvalue weighted by Gasteiger charge is 2.15. The molecule has 0 saturated heterocycles. The van der Waals surface area contributed by atoms with Crippen molar-refractivity contribution in [1.29, 1.82) is 0 Å². The molecule has 0 N–H and O–H groups in total. The average molecular weight is 327 g/mol. The summed E-state index contributed by atoms with van der Waals surface area (Å²) in [4.78, 5) is 4.60. The molecule has 118 valence electrons. The number of allylic oxidation sites excluding steroid dienone is 2. The number of thiazole rings is 1. The van der Waals surface area contributed by atoms with Gasteiger partial charge >= 0.3 is 0 Å². The molecule has 0 atom stereocenters. The first-order chi connectivity index (χ1) is 11.3. The minimum Gasteiger partial charge on any atom is -0.454 e. The van der Waals surface area contributed by atoms with Gasteiger partial charge in [-0.15, -0.1) is 11.3 Å². The van der Waals surface area contributed by atoms with Crippen molar-refractivity contribution in [3.05, 3.63) is 66.2 Å². The van der Waals surface area contributed by atoms with Gasteiger partial charge in [0.2, 0.25) is 6.79 Å². The Balaban J connectivity index is 1.59. The minimum absolute atomic E-state index is 0.278. The van der Waals surface area contributed by atoms with Gasteiger partial charge in [-0.3, -0.25) is 0 Å². The predicted octanol–water partition coefficient (Wildman–Crippen LogP) is 4.35. The van der Waals surface area contributed by atoms with Gasteiger partial charge in [-0.05, 0) is 23.8 Å². The third kappa shape index (κ3) is 3.88.